The number of carbonyl (C=O) groups is 3. The lowest BCUT2D eigenvalue weighted by Gasteiger charge is -2.20. The van der Waals surface area contributed by atoms with Crippen LogP contribution in [0.25, 0.3) is 0 Å². The lowest BCUT2D eigenvalue weighted by atomic mass is 10.0. The van der Waals surface area contributed by atoms with Gasteiger partial charge >= 0.3 is 25.7 Å². The Bertz CT molecular complexity index is 1210. The van der Waals surface area contributed by atoms with Crippen LogP contribution in [0.4, 0.5) is 0 Å². The Morgan fingerprint density at radius 1 is 0.621 bits per heavy atom. The van der Waals surface area contributed by atoms with Crippen molar-refractivity contribution in [2.75, 3.05) is 19.8 Å². The molecule has 6 N–H and O–H groups in total. The minimum atomic E-state index is -4.78. The van der Waals surface area contributed by atoms with Gasteiger partial charge in [0.1, 0.15) is 12.6 Å². The number of phosphoric acid groups is 1. The minimum Gasteiger partial charge on any atom is -0.480 e. The first-order valence-electron chi connectivity index (χ1n) is 21.9. The minimum absolute atomic E-state index is 0.0985. The summed E-state index contributed by atoms with van der Waals surface area (Å²) in [5.74, 6) is -2.65. The van der Waals surface area contributed by atoms with Crippen molar-refractivity contribution in [1.29, 1.82) is 0 Å². The van der Waals surface area contributed by atoms with Crippen LogP contribution in [-0.4, -0.2) is 82.3 Å². The monoisotopic (exact) mass is 844 g/mol. The molecule has 58 heavy (non-hydrogen) atoms. The molecule has 0 aliphatic heterocycles. The molecule has 336 valence electrons. The Kier molecular flexibility index (Phi) is 36.8. The number of hydrogen-bond donors (Lipinski definition) is 5. The summed E-state index contributed by atoms with van der Waals surface area (Å²) in [5.41, 5.74) is 5.31. The predicted molar refractivity (Wildman–Crippen MR) is 229 cm³/mol. The maximum Gasteiger partial charge on any atom is 0.472 e. The molecule has 0 aliphatic rings. The zero-order valence-corrected chi connectivity index (χ0v) is 36.5. The van der Waals surface area contributed by atoms with E-state index in [0.717, 1.165) is 32.1 Å². The third kappa shape index (κ3) is 37.6. The van der Waals surface area contributed by atoms with E-state index in [4.69, 9.17) is 24.8 Å². The molecule has 0 saturated heterocycles. The maximum atomic E-state index is 12.6. The van der Waals surface area contributed by atoms with E-state index >= 15 is 0 Å². The molecule has 0 aromatic heterocycles. The van der Waals surface area contributed by atoms with Gasteiger partial charge in [0.05, 0.1) is 25.4 Å². The van der Waals surface area contributed by atoms with E-state index in [1.165, 1.54) is 83.5 Å². The van der Waals surface area contributed by atoms with E-state index < -0.39 is 69.9 Å². The molecule has 0 heterocycles. The molecule has 13 nitrogen and oxygen atoms in total. The molecule has 0 saturated carbocycles. The molecule has 14 heteroatoms. The van der Waals surface area contributed by atoms with E-state index in [1.807, 2.05) is 6.08 Å². The molecule has 0 fully saturated rings. The molecule has 0 bridgehead atoms. The van der Waals surface area contributed by atoms with Gasteiger partial charge in [-0.2, -0.15) is 0 Å². The summed E-state index contributed by atoms with van der Waals surface area (Å²) in [7, 11) is -4.78. The fourth-order valence-corrected chi connectivity index (χ4v) is 6.51. The summed E-state index contributed by atoms with van der Waals surface area (Å²) < 4.78 is 32.5. The van der Waals surface area contributed by atoms with E-state index in [9.17, 15) is 34.1 Å². The van der Waals surface area contributed by atoms with Crippen LogP contribution in [0.3, 0.4) is 0 Å². The SMILES string of the molecule is CCCCC/C=C/CC(O)/C=C/C=C/C=C/C(O)CCCC(=O)OC(COC(=O)CCCCCCCCCCCCCCCCC)COP(=O)(O)OCC(N)C(=O)O. The average Bonchev–Trinajstić information content (AvgIpc) is 3.19. The molecular weight excluding hydrogens is 765 g/mol. The van der Waals surface area contributed by atoms with Gasteiger partial charge in [0, 0.05) is 12.8 Å². The number of carbonyl (C=O) groups excluding carboxylic acids is 2. The number of unbranched alkanes of at least 4 members (excludes halogenated alkanes) is 17. The van der Waals surface area contributed by atoms with E-state index in [0.29, 0.717) is 12.8 Å². The Balaban J connectivity index is 4.63. The Hall–Kier alpha value is -2.64. The maximum absolute atomic E-state index is 12.6. The van der Waals surface area contributed by atoms with Crippen LogP contribution in [0, 0.1) is 0 Å². The van der Waals surface area contributed by atoms with Crippen LogP contribution in [0.1, 0.15) is 168 Å². The third-order valence-electron chi connectivity index (χ3n) is 9.27. The molecule has 0 spiro atoms. The van der Waals surface area contributed by atoms with Crippen LogP contribution >= 0.6 is 7.82 Å². The van der Waals surface area contributed by atoms with Gasteiger partial charge in [-0.1, -0.05) is 165 Å². The zero-order valence-electron chi connectivity index (χ0n) is 35.6. The van der Waals surface area contributed by atoms with Crippen molar-refractivity contribution in [2.45, 2.75) is 192 Å². The highest BCUT2D eigenvalue weighted by Crippen LogP contribution is 2.43. The second-order valence-corrected chi connectivity index (χ2v) is 16.3. The van der Waals surface area contributed by atoms with Crippen molar-refractivity contribution in [2.24, 2.45) is 5.73 Å². The number of aliphatic hydroxyl groups is 2. The van der Waals surface area contributed by atoms with Gasteiger partial charge in [-0.3, -0.25) is 23.4 Å². The highest BCUT2D eigenvalue weighted by atomic mass is 31.2. The Morgan fingerprint density at radius 2 is 1.12 bits per heavy atom. The molecule has 0 aromatic carbocycles. The van der Waals surface area contributed by atoms with Gasteiger partial charge in [-0.15, -0.1) is 0 Å². The average molecular weight is 844 g/mol. The van der Waals surface area contributed by atoms with Crippen molar-refractivity contribution in [3.63, 3.8) is 0 Å². The number of ether oxygens (including phenoxy) is 2. The van der Waals surface area contributed by atoms with Crippen LogP contribution in [0.15, 0.2) is 48.6 Å². The summed E-state index contributed by atoms with van der Waals surface area (Å²) in [4.78, 5) is 46.0. The first kappa shape index (κ1) is 55.4. The second kappa shape index (κ2) is 38.6. The number of aliphatic carboxylic acids is 1. The molecule has 5 atom stereocenters. The number of allylic oxidation sites excluding steroid dienone is 5. The van der Waals surface area contributed by atoms with Gasteiger partial charge in [0.15, 0.2) is 6.10 Å². The summed E-state index contributed by atoms with van der Waals surface area (Å²) in [6.45, 7) is 2.49. The lowest BCUT2D eigenvalue weighted by molar-refractivity contribution is -0.161. The molecule has 0 radical (unpaired) electrons. The molecule has 0 amide bonds. The highest BCUT2D eigenvalue weighted by Gasteiger charge is 2.28. The van der Waals surface area contributed by atoms with Crippen molar-refractivity contribution < 1.29 is 57.7 Å². The van der Waals surface area contributed by atoms with E-state index in [1.54, 1.807) is 36.5 Å². The first-order valence-corrected chi connectivity index (χ1v) is 23.4. The largest absolute Gasteiger partial charge is 0.480 e. The number of phosphoric ester groups is 1. The van der Waals surface area contributed by atoms with Gasteiger partial charge in [0.25, 0.3) is 0 Å². The predicted octanol–water partition coefficient (Wildman–Crippen LogP) is 9.34. The number of carboxylic acid groups (broad SMARTS) is 1. The highest BCUT2D eigenvalue weighted by molar-refractivity contribution is 7.47. The topological polar surface area (TPSA) is 212 Å². The zero-order chi connectivity index (χ0) is 43.1. The summed E-state index contributed by atoms with van der Waals surface area (Å²) in [6, 6.07) is -1.56. The molecule has 0 aromatic rings. The van der Waals surface area contributed by atoms with Crippen LogP contribution < -0.4 is 5.73 Å². The fourth-order valence-electron chi connectivity index (χ4n) is 5.73. The van der Waals surface area contributed by atoms with E-state index in [2.05, 4.69) is 24.4 Å². The Morgan fingerprint density at radius 3 is 1.69 bits per heavy atom. The molecule has 5 unspecified atom stereocenters. The van der Waals surface area contributed by atoms with Crippen LogP contribution in [0.2, 0.25) is 0 Å². The van der Waals surface area contributed by atoms with Crippen LogP contribution in [0.5, 0.6) is 0 Å². The van der Waals surface area contributed by atoms with Gasteiger partial charge in [-0.25, -0.2) is 4.57 Å². The Labute approximate surface area is 349 Å². The number of nitrogens with two attached hydrogens (primary N) is 1. The normalized spacial score (nSPS) is 15.3. The molecular formula is C44H78NO12P. The number of aliphatic hydroxyl groups excluding tert-OH is 2. The van der Waals surface area contributed by atoms with Crippen molar-refractivity contribution in [3.05, 3.63) is 48.6 Å². The quantitative estimate of drug-likeness (QED) is 0.0128. The molecule has 0 aliphatic carbocycles. The lowest BCUT2D eigenvalue weighted by Crippen LogP contribution is -2.34. The third-order valence-corrected chi connectivity index (χ3v) is 10.2. The first-order chi connectivity index (χ1) is 27.9. The summed E-state index contributed by atoms with van der Waals surface area (Å²) >= 11 is 0. The number of hydrogen-bond acceptors (Lipinski definition) is 11. The number of carboxylic acids is 1. The van der Waals surface area contributed by atoms with Gasteiger partial charge in [-0.05, 0) is 38.5 Å². The summed E-state index contributed by atoms with van der Waals surface area (Å²) in [6.07, 6.45) is 35.2. The summed E-state index contributed by atoms with van der Waals surface area (Å²) in [5, 5.41) is 29.2. The van der Waals surface area contributed by atoms with Crippen molar-refractivity contribution in [1.82, 2.24) is 0 Å². The molecule has 0 rings (SSSR count). The van der Waals surface area contributed by atoms with Gasteiger partial charge < -0.3 is 35.4 Å². The smallest absolute Gasteiger partial charge is 0.472 e. The van der Waals surface area contributed by atoms with Crippen LogP contribution in [-0.2, 0) is 37.5 Å². The second-order valence-electron chi connectivity index (χ2n) is 14.9. The van der Waals surface area contributed by atoms with Gasteiger partial charge in [0.2, 0.25) is 0 Å². The van der Waals surface area contributed by atoms with Crippen molar-refractivity contribution >= 4 is 25.7 Å². The fraction of sp³-hybridized carbons (Fsp3) is 0.750. The standard InChI is InChI=1S/C44H78NO12P/c1-3-5-7-9-11-12-13-14-15-16-17-18-19-21-27-33-42(48)54-35-40(36-55-58(52,53)56-37-41(45)44(50)51)57-43(49)34-28-32-39(47)31-26-23-22-25-30-38(46)29-24-20-10-8-6-4-2/h20,22-26,30-31,38-41,46-47H,3-19,21,27-29,32-37,45H2,1-2H3,(H,50,51)(H,52,53)/b23-22+,24-20+,30-25+,31-26+. The number of esters is 2. The van der Waals surface area contributed by atoms with Crippen molar-refractivity contribution in [3.8, 4) is 0 Å². The van der Waals surface area contributed by atoms with E-state index in [-0.39, 0.29) is 25.7 Å². The number of rotatable bonds is 40.